The zero-order chi connectivity index (χ0) is 13.8. The van der Waals surface area contributed by atoms with E-state index in [1.54, 1.807) is 0 Å². The Labute approximate surface area is 111 Å². The summed E-state index contributed by atoms with van der Waals surface area (Å²) in [5.74, 6) is -0.429. The molecule has 0 radical (unpaired) electrons. The third-order valence-corrected chi connectivity index (χ3v) is 3.13. The monoisotopic (exact) mass is 265 g/mol. The zero-order valence-corrected chi connectivity index (χ0v) is 11.0. The topological polar surface area (TPSA) is 104 Å². The number of H-pyrrole nitrogens is 1. The van der Waals surface area contributed by atoms with Crippen LogP contribution in [-0.2, 0) is 11.2 Å². The van der Waals surface area contributed by atoms with Crippen molar-refractivity contribution in [2.24, 2.45) is 0 Å². The standard InChI is InChI=1S/C12H19N5O2/c1-2-4-8-10(13)11(16-15-8)12(19)17-6-3-5-14-9(18)7-17/h2-7,13H2,1H3,(H,14,18)(H,15,16). The molecule has 19 heavy (non-hydrogen) atoms. The van der Waals surface area contributed by atoms with E-state index in [-0.39, 0.29) is 24.1 Å². The van der Waals surface area contributed by atoms with Gasteiger partial charge in [-0.2, -0.15) is 5.10 Å². The molecule has 0 aromatic carbocycles. The number of aryl methyl sites for hydroxylation is 1. The second-order valence-electron chi connectivity index (χ2n) is 4.64. The first-order valence-electron chi connectivity index (χ1n) is 6.52. The molecule has 1 aliphatic rings. The number of aromatic nitrogens is 2. The Morgan fingerprint density at radius 2 is 2.32 bits per heavy atom. The van der Waals surface area contributed by atoms with E-state index in [9.17, 15) is 9.59 Å². The molecule has 1 aliphatic heterocycles. The number of carbonyl (C=O) groups excluding carboxylic acids is 2. The maximum Gasteiger partial charge on any atom is 0.276 e. The van der Waals surface area contributed by atoms with Crippen LogP contribution in [0.1, 0.15) is 35.9 Å². The lowest BCUT2D eigenvalue weighted by Gasteiger charge is -2.17. The summed E-state index contributed by atoms with van der Waals surface area (Å²) >= 11 is 0. The molecule has 0 unspecified atom stereocenters. The Kier molecular flexibility index (Phi) is 4.03. The number of nitrogens with zero attached hydrogens (tertiary/aromatic N) is 2. The van der Waals surface area contributed by atoms with E-state index in [0.717, 1.165) is 25.0 Å². The highest BCUT2D eigenvalue weighted by molar-refractivity contribution is 5.99. The van der Waals surface area contributed by atoms with E-state index in [1.807, 2.05) is 6.92 Å². The Bertz CT molecular complexity index is 482. The van der Waals surface area contributed by atoms with Gasteiger partial charge >= 0.3 is 0 Å². The second kappa shape index (κ2) is 5.73. The summed E-state index contributed by atoms with van der Waals surface area (Å²) < 4.78 is 0. The summed E-state index contributed by atoms with van der Waals surface area (Å²) in [7, 11) is 0. The molecule has 0 saturated carbocycles. The molecular weight excluding hydrogens is 246 g/mol. The van der Waals surface area contributed by atoms with Crippen LogP contribution in [0.5, 0.6) is 0 Å². The van der Waals surface area contributed by atoms with Crippen LogP contribution in [0, 0.1) is 0 Å². The molecular formula is C12H19N5O2. The molecule has 1 aromatic heterocycles. The lowest BCUT2D eigenvalue weighted by atomic mass is 10.2. The summed E-state index contributed by atoms with van der Waals surface area (Å²) in [6.45, 7) is 3.22. The quantitative estimate of drug-likeness (QED) is 0.710. The molecule has 0 spiro atoms. The molecule has 0 aliphatic carbocycles. The number of nitrogen functional groups attached to an aromatic ring is 1. The molecule has 1 aromatic rings. The number of anilines is 1. The van der Waals surface area contributed by atoms with Crippen molar-refractivity contribution < 1.29 is 9.59 Å². The number of aromatic amines is 1. The molecule has 1 fully saturated rings. The maximum absolute atomic E-state index is 12.3. The van der Waals surface area contributed by atoms with Crippen LogP contribution in [0.3, 0.4) is 0 Å². The number of hydrogen-bond acceptors (Lipinski definition) is 4. The third-order valence-electron chi connectivity index (χ3n) is 3.13. The minimum Gasteiger partial charge on any atom is -0.395 e. The van der Waals surface area contributed by atoms with Crippen molar-refractivity contribution in [1.29, 1.82) is 0 Å². The van der Waals surface area contributed by atoms with Crippen molar-refractivity contribution in [2.45, 2.75) is 26.2 Å². The number of rotatable bonds is 3. The Balaban J connectivity index is 2.16. The van der Waals surface area contributed by atoms with Gasteiger partial charge in [0, 0.05) is 13.1 Å². The van der Waals surface area contributed by atoms with Gasteiger partial charge in [-0.25, -0.2) is 0 Å². The van der Waals surface area contributed by atoms with Crippen LogP contribution in [0.4, 0.5) is 5.69 Å². The second-order valence-corrected chi connectivity index (χ2v) is 4.64. The van der Waals surface area contributed by atoms with Crippen LogP contribution in [0.2, 0.25) is 0 Å². The first-order chi connectivity index (χ1) is 9.13. The van der Waals surface area contributed by atoms with Gasteiger partial charge in [0.15, 0.2) is 5.69 Å². The van der Waals surface area contributed by atoms with Crippen molar-refractivity contribution >= 4 is 17.5 Å². The van der Waals surface area contributed by atoms with Crippen molar-refractivity contribution in [2.75, 3.05) is 25.4 Å². The van der Waals surface area contributed by atoms with Gasteiger partial charge in [0.05, 0.1) is 17.9 Å². The van der Waals surface area contributed by atoms with Gasteiger partial charge in [-0.3, -0.25) is 14.7 Å². The highest BCUT2D eigenvalue weighted by atomic mass is 16.2. The van der Waals surface area contributed by atoms with E-state index >= 15 is 0 Å². The summed E-state index contributed by atoms with van der Waals surface area (Å²) in [4.78, 5) is 25.3. The molecule has 0 atom stereocenters. The lowest BCUT2D eigenvalue weighted by Crippen LogP contribution is -2.37. The minimum atomic E-state index is -0.284. The Morgan fingerprint density at radius 1 is 1.53 bits per heavy atom. The molecule has 7 heteroatoms. The van der Waals surface area contributed by atoms with Crippen LogP contribution in [-0.4, -0.2) is 46.5 Å². The average Bonchev–Trinajstić information content (AvgIpc) is 2.62. The van der Waals surface area contributed by atoms with Crippen molar-refractivity contribution in [3.63, 3.8) is 0 Å². The number of nitrogens with two attached hydrogens (primary N) is 1. The predicted octanol–water partition coefficient (Wildman–Crippen LogP) is -0.0935. The van der Waals surface area contributed by atoms with E-state index in [2.05, 4.69) is 15.5 Å². The number of hydrogen-bond donors (Lipinski definition) is 3. The molecule has 4 N–H and O–H groups in total. The largest absolute Gasteiger partial charge is 0.395 e. The molecule has 7 nitrogen and oxygen atoms in total. The van der Waals surface area contributed by atoms with Gasteiger partial charge in [-0.05, 0) is 12.8 Å². The zero-order valence-electron chi connectivity index (χ0n) is 11.0. The Morgan fingerprint density at radius 3 is 3.05 bits per heavy atom. The van der Waals surface area contributed by atoms with E-state index in [4.69, 9.17) is 5.73 Å². The fraction of sp³-hybridized carbons (Fsp3) is 0.583. The molecule has 2 amide bonds. The van der Waals surface area contributed by atoms with E-state index in [1.165, 1.54) is 4.90 Å². The number of nitrogens with one attached hydrogen (secondary N) is 2. The highest BCUT2D eigenvalue weighted by Gasteiger charge is 2.25. The van der Waals surface area contributed by atoms with Gasteiger partial charge in [0.2, 0.25) is 5.91 Å². The normalized spacial score (nSPS) is 16.1. The SMILES string of the molecule is CCCc1[nH]nc(C(=O)N2CCCNC(=O)C2)c1N. The molecule has 1 saturated heterocycles. The lowest BCUT2D eigenvalue weighted by molar-refractivity contribution is -0.121. The third kappa shape index (κ3) is 2.86. The predicted molar refractivity (Wildman–Crippen MR) is 70.5 cm³/mol. The Hall–Kier alpha value is -2.05. The van der Waals surface area contributed by atoms with Crippen molar-refractivity contribution in [3.8, 4) is 0 Å². The fourth-order valence-corrected chi connectivity index (χ4v) is 2.12. The van der Waals surface area contributed by atoms with E-state index < -0.39 is 0 Å². The summed E-state index contributed by atoms with van der Waals surface area (Å²) in [5, 5.41) is 9.52. The summed E-state index contributed by atoms with van der Waals surface area (Å²) in [6, 6.07) is 0. The van der Waals surface area contributed by atoms with Crippen molar-refractivity contribution in [3.05, 3.63) is 11.4 Å². The van der Waals surface area contributed by atoms with Crippen molar-refractivity contribution in [1.82, 2.24) is 20.4 Å². The molecule has 0 bridgehead atoms. The van der Waals surface area contributed by atoms with Gasteiger partial charge in [-0.15, -0.1) is 0 Å². The van der Waals surface area contributed by atoms with Crippen LogP contribution >= 0.6 is 0 Å². The fourth-order valence-electron chi connectivity index (χ4n) is 2.12. The average molecular weight is 265 g/mol. The molecule has 104 valence electrons. The highest BCUT2D eigenvalue weighted by Crippen LogP contribution is 2.17. The van der Waals surface area contributed by atoms with Gasteiger partial charge in [0.25, 0.3) is 5.91 Å². The van der Waals surface area contributed by atoms with Crippen LogP contribution in [0.15, 0.2) is 0 Å². The first-order valence-corrected chi connectivity index (χ1v) is 6.52. The van der Waals surface area contributed by atoms with E-state index in [0.29, 0.717) is 18.8 Å². The molecule has 2 rings (SSSR count). The van der Waals surface area contributed by atoms with Crippen LogP contribution < -0.4 is 11.1 Å². The summed E-state index contributed by atoms with van der Waals surface area (Å²) in [6.07, 6.45) is 2.42. The maximum atomic E-state index is 12.3. The van der Waals surface area contributed by atoms with Crippen LogP contribution in [0.25, 0.3) is 0 Å². The van der Waals surface area contributed by atoms with Gasteiger partial charge < -0.3 is 16.0 Å². The first kappa shape index (κ1) is 13.4. The molecule has 2 heterocycles. The number of carbonyl (C=O) groups is 2. The minimum absolute atomic E-state index is 0.0637. The van der Waals surface area contributed by atoms with Gasteiger partial charge in [-0.1, -0.05) is 13.3 Å². The summed E-state index contributed by atoms with van der Waals surface area (Å²) in [5.41, 5.74) is 7.33. The smallest absolute Gasteiger partial charge is 0.276 e. The number of amides is 2. The van der Waals surface area contributed by atoms with Gasteiger partial charge in [0.1, 0.15) is 0 Å².